The molecular formula is C15H13FN2S. The van der Waals surface area contributed by atoms with Crippen LogP contribution >= 0.6 is 11.3 Å². The van der Waals surface area contributed by atoms with Gasteiger partial charge in [0.05, 0.1) is 10.2 Å². The van der Waals surface area contributed by atoms with Crippen molar-refractivity contribution in [1.29, 1.82) is 0 Å². The number of halogens is 1. The number of aryl methyl sites for hydroxylation is 2. The third-order valence-electron chi connectivity index (χ3n) is 3.06. The topological polar surface area (TPSA) is 24.9 Å². The number of rotatable bonds is 2. The number of nitrogens with one attached hydrogen (secondary N) is 1. The van der Waals surface area contributed by atoms with Gasteiger partial charge in [0.25, 0.3) is 0 Å². The molecule has 0 saturated heterocycles. The van der Waals surface area contributed by atoms with E-state index in [1.54, 1.807) is 17.4 Å². The Kier molecular flexibility index (Phi) is 2.95. The zero-order valence-electron chi connectivity index (χ0n) is 10.7. The highest BCUT2D eigenvalue weighted by Crippen LogP contribution is 2.30. The summed E-state index contributed by atoms with van der Waals surface area (Å²) in [5.41, 5.74) is 3.91. The van der Waals surface area contributed by atoms with Crippen LogP contribution in [0, 0.1) is 19.7 Å². The van der Waals surface area contributed by atoms with Gasteiger partial charge in [-0.2, -0.15) is 0 Å². The summed E-state index contributed by atoms with van der Waals surface area (Å²) in [5.74, 6) is -0.245. The molecule has 2 aromatic carbocycles. The number of benzene rings is 2. The summed E-state index contributed by atoms with van der Waals surface area (Å²) in [6.07, 6.45) is 0. The average Bonchev–Trinajstić information content (AvgIpc) is 2.78. The molecule has 4 heteroatoms. The SMILES string of the molecule is Cc1ccc(F)cc1Nc1nc2c(C)cccc2s1. The first-order chi connectivity index (χ1) is 9.13. The van der Waals surface area contributed by atoms with Gasteiger partial charge >= 0.3 is 0 Å². The normalized spacial score (nSPS) is 10.9. The fourth-order valence-electron chi connectivity index (χ4n) is 1.98. The summed E-state index contributed by atoms with van der Waals surface area (Å²) in [6.45, 7) is 3.99. The summed E-state index contributed by atoms with van der Waals surface area (Å²) < 4.78 is 14.4. The molecule has 0 unspecified atom stereocenters. The van der Waals surface area contributed by atoms with E-state index in [2.05, 4.69) is 10.3 Å². The standard InChI is InChI=1S/C15H13FN2S/c1-9-6-7-11(16)8-12(9)17-15-18-14-10(2)4-3-5-13(14)19-15/h3-8H,1-2H3,(H,17,18). The fraction of sp³-hybridized carbons (Fsp3) is 0.133. The maximum absolute atomic E-state index is 13.3. The van der Waals surface area contributed by atoms with Crippen LogP contribution < -0.4 is 5.32 Å². The molecule has 1 aromatic heterocycles. The first-order valence-electron chi connectivity index (χ1n) is 6.03. The van der Waals surface area contributed by atoms with Crippen LogP contribution in [0.1, 0.15) is 11.1 Å². The van der Waals surface area contributed by atoms with Gasteiger partial charge in [-0.05, 0) is 43.2 Å². The molecular weight excluding hydrogens is 259 g/mol. The van der Waals surface area contributed by atoms with Gasteiger partial charge in [-0.15, -0.1) is 0 Å². The van der Waals surface area contributed by atoms with E-state index in [1.165, 1.54) is 12.1 Å². The lowest BCUT2D eigenvalue weighted by atomic mass is 10.2. The number of fused-ring (bicyclic) bond motifs is 1. The monoisotopic (exact) mass is 272 g/mol. The zero-order valence-corrected chi connectivity index (χ0v) is 11.5. The van der Waals surface area contributed by atoms with Crippen LogP contribution in [-0.4, -0.2) is 4.98 Å². The second-order valence-electron chi connectivity index (χ2n) is 4.52. The molecule has 1 N–H and O–H groups in total. The predicted molar refractivity (Wildman–Crippen MR) is 78.8 cm³/mol. The van der Waals surface area contributed by atoms with Crippen molar-refractivity contribution in [2.45, 2.75) is 13.8 Å². The van der Waals surface area contributed by atoms with E-state index in [9.17, 15) is 4.39 Å². The van der Waals surface area contributed by atoms with Crippen LogP contribution in [0.15, 0.2) is 36.4 Å². The number of hydrogen-bond acceptors (Lipinski definition) is 3. The van der Waals surface area contributed by atoms with Crippen molar-refractivity contribution in [1.82, 2.24) is 4.98 Å². The van der Waals surface area contributed by atoms with Crippen molar-refractivity contribution < 1.29 is 4.39 Å². The molecule has 1 heterocycles. The fourth-order valence-corrected chi connectivity index (χ4v) is 2.94. The minimum absolute atomic E-state index is 0.245. The zero-order chi connectivity index (χ0) is 13.4. The lowest BCUT2D eigenvalue weighted by molar-refractivity contribution is 0.628. The van der Waals surface area contributed by atoms with Crippen molar-refractivity contribution in [3.05, 3.63) is 53.3 Å². The summed E-state index contributed by atoms with van der Waals surface area (Å²) >= 11 is 1.58. The second kappa shape index (κ2) is 4.63. The summed E-state index contributed by atoms with van der Waals surface area (Å²) in [7, 11) is 0. The van der Waals surface area contributed by atoms with Crippen LogP contribution in [0.4, 0.5) is 15.2 Å². The van der Waals surface area contributed by atoms with Crippen molar-refractivity contribution in [3.8, 4) is 0 Å². The van der Waals surface area contributed by atoms with Crippen molar-refractivity contribution >= 4 is 32.4 Å². The Labute approximate surface area is 114 Å². The predicted octanol–water partition coefficient (Wildman–Crippen LogP) is 4.80. The van der Waals surface area contributed by atoms with Crippen LogP contribution in [0.3, 0.4) is 0 Å². The minimum atomic E-state index is -0.245. The Morgan fingerprint density at radius 3 is 2.74 bits per heavy atom. The number of para-hydroxylation sites is 1. The largest absolute Gasteiger partial charge is 0.331 e. The molecule has 3 aromatic rings. The molecule has 3 rings (SSSR count). The Balaban J connectivity index is 2.01. The van der Waals surface area contributed by atoms with E-state index in [0.29, 0.717) is 0 Å². The van der Waals surface area contributed by atoms with Crippen LogP contribution in [-0.2, 0) is 0 Å². The van der Waals surface area contributed by atoms with E-state index in [4.69, 9.17) is 0 Å². The highest BCUT2D eigenvalue weighted by Gasteiger charge is 2.07. The molecule has 19 heavy (non-hydrogen) atoms. The third-order valence-corrected chi connectivity index (χ3v) is 4.00. The van der Waals surface area contributed by atoms with E-state index in [0.717, 1.165) is 32.2 Å². The van der Waals surface area contributed by atoms with Crippen LogP contribution in [0.25, 0.3) is 10.2 Å². The number of anilines is 2. The molecule has 0 bridgehead atoms. The second-order valence-corrected chi connectivity index (χ2v) is 5.56. The van der Waals surface area contributed by atoms with E-state index in [-0.39, 0.29) is 5.82 Å². The Morgan fingerprint density at radius 1 is 1.11 bits per heavy atom. The van der Waals surface area contributed by atoms with Crippen LogP contribution in [0.5, 0.6) is 0 Å². The highest BCUT2D eigenvalue weighted by atomic mass is 32.1. The van der Waals surface area contributed by atoms with Gasteiger partial charge in [-0.1, -0.05) is 29.5 Å². The van der Waals surface area contributed by atoms with Gasteiger partial charge < -0.3 is 5.32 Å². The number of nitrogens with zero attached hydrogens (tertiary/aromatic N) is 1. The third kappa shape index (κ3) is 2.31. The van der Waals surface area contributed by atoms with Gasteiger partial charge in [-0.3, -0.25) is 0 Å². The first-order valence-corrected chi connectivity index (χ1v) is 6.84. The maximum atomic E-state index is 13.3. The average molecular weight is 272 g/mol. The lowest BCUT2D eigenvalue weighted by Gasteiger charge is -2.06. The molecule has 0 amide bonds. The van der Waals surface area contributed by atoms with E-state index < -0.39 is 0 Å². The molecule has 0 saturated carbocycles. The summed E-state index contributed by atoms with van der Waals surface area (Å²) in [5, 5.41) is 3.99. The first kappa shape index (κ1) is 12.1. The Hall–Kier alpha value is -1.94. The maximum Gasteiger partial charge on any atom is 0.188 e. The molecule has 0 aliphatic rings. The smallest absolute Gasteiger partial charge is 0.188 e. The lowest BCUT2D eigenvalue weighted by Crippen LogP contribution is -1.93. The Bertz CT molecular complexity index is 749. The molecule has 2 nitrogen and oxygen atoms in total. The Morgan fingerprint density at radius 2 is 1.95 bits per heavy atom. The number of hydrogen-bond donors (Lipinski definition) is 1. The van der Waals surface area contributed by atoms with E-state index >= 15 is 0 Å². The summed E-state index contributed by atoms with van der Waals surface area (Å²) in [4.78, 5) is 4.56. The summed E-state index contributed by atoms with van der Waals surface area (Å²) in [6, 6.07) is 10.8. The quantitative estimate of drug-likeness (QED) is 0.725. The minimum Gasteiger partial charge on any atom is -0.331 e. The molecule has 0 fully saturated rings. The molecule has 0 aliphatic heterocycles. The van der Waals surface area contributed by atoms with Gasteiger partial charge in [-0.25, -0.2) is 9.37 Å². The number of aromatic nitrogens is 1. The van der Waals surface area contributed by atoms with Crippen LogP contribution in [0.2, 0.25) is 0 Å². The van der Waals surface area contributed by atoms with E-state index in [1.807, 2.05) is 32.0 Å². The van der Waals surface area contributed by atoms with Gasteiger partial charge in [0, 0.05) is 5.69 Å². The molecule has 0 atom stereocenters. The van der Waals surface area contributed by atoms with Gasteiger partial charge in [0.2, 0.25) is 0 Å². The molecule has 0 aliphatic carbocycles. The highest BCUT2D eigenvalue weighted by molar-refractivity contribution is 7.22. The van der Waals surface area contributed by atoms with Gasteiger partial charge in [0.1, 0.15) is 5.82 Å². The van der Waals surface area contributed by atoms with Crippen molar-refractivity contribution in [2.24, 2.45) is 0 Å². The number of thiazole rings is 1. The molecule has 96 valence electrons. The molecule has 0 radical (unpaired) electrons. The van der Waals surface area contributed by atoms with Crippen molar-refractivity contribution in [2.75, 3.05) is 5.32 Å². The van der Waals surface area contributed by atoms with Crippen molar-refractivity contribution in [3.63, 3.8) is 0 Å². The van der Waals surface area contributed by atoms with Gasteiger partial charge in [0.15, 0.2) is 5.13 Å². The molecule has 0 spiro atoms.